The van der Waals surface area contributed by atoms with Crippen molar-refractivity contribution in [3.63, 3.8) is 0 Å². The number of Topliss-reactive ketones (excluding diaryl/α,β-unsaturated/α-hetero) is 1. The van der Waals surface area contributed by atoms with Crippen molar-refractivity contribution in [3.8, 4) is 11.4 Å². The minimum atomic E-state index is -0.510. The Bertz CT molecular complexity index is 912. The summed E-state index contributed by atoms with van der Waals surface area (Å²) < 4.78 is 13.4. The van der Waals surface area contributed by atoms with Gasteiger partial charge in [-0.05, 0) is 49.9 Å². The van der Waals surface area contributed by atoms with Crippen molar-refractivity contribution in [2.24, 2.45) is 11.1 Å². The Morgan fingerprint density at radius 1 is 1.21 bits per heavy atom. The normalized spacial score (nSPS) is 15.4. The third-order valence-corrected chi connectivity index (χ3v) is 5.05. The largest absolute Gasteiger partial charge is 0.489 e. The summed E-state index contributed by atoms with van der Waals surface area (Å²) in [4.78, 5) is 24.3. The summed E-state index contributed by atoms with van der Waals surface area (Å²) in [7, 11) is 0. The predicted octanol–water partition coefficient (Wildman–Crippen LogP) is 3.46. The number of fused-ring (bicyclic) bond motifs is 1. The van der Waals surface area contributed by atoms with Gasteiger partial charge >= 0.3 is 0 Å². The van der Waals surface area contributed by atoms with Gasteiger partial charge in [0.05, 0.1) is 12.3 Å². The van der Waals surface area contributed by atoms with E-state index in [9.17, 15) is 9.59 Å². The summed E-state index contributed by atoms with van der Waals surface area (Å²) in [6, 6.07) is 7.12. The molecule has 0 saturated carbocycles. The molecule has 0 radical (unpaired) electrons. The summed E-state index contributed by atoms with van der Waals surface area (Å²) in [6.45, 7) is 9.53. The minimum Gasteiger partial charge on any atom is -0.489 e. The summed E-state index contributed by atoms with van der Waals surface area (Å²) in [6.07, 6.45) is 1.33. The Kier molecular flexibility index (Phi) is 5.61. The number of carbonyl (C=O) groups is 2. The van der Waals surface area contributed by atoms with Crippen molar-refractivity contribution >= 4 is 11.7 Å². The van der Waals surface area contributed by atoms with Crippen LogP contribution in [-0.2, 0) is 11.2 Å². The molecule has 2 aromatic rings. The zero-order chi connectivity index (χ0) is 20.5. The molecule has 3 rings (SSSR count). The molecular weight excluding hydrogens is 356 g/mol. The van der Waals surface area contributed by atoms with Crippen LogP contribution < -0.4 is 10.5 Å². The van der Waals surface area contributed by atoms with Gasteiger partial charge in [-0.1, -0.05) is 13.8 Å². The summed E-state index contributed by atoms with van der Waals surface area (Å²) in [5, 5.41) is 0. The number of carbonyl (C=O) groups excluding carboxylic acids is 2. The van der Waals surface area contributed by atoms with Crippen LogP contribution in [0, 0.1) is 12.3 Å². The summed E-state index contributed by atoms with van der Waals surface area (Å²) >= 11 is 0. The molecule has 2 N–H and O–H groups in total. The zero-order valence-corrected chi connectivity index (χ0v) is 17.0. The number of hydrogen-bond donors (Lipinski definition) is 1. The van der Waals surface area contributed by atoms with Crippen LogP contribution in [0.4, 0.5) is 0 Å². The molecule has 1 heterocycles. The van der Waals surface area contributed by atoms with Gasteiger partial charge in [-0.15, -0.1) is 0 Å². The Hall–Kier alpha value is -2.60. The van der Waals surface area contributed by atoms with Crippen molar-refractivity contribution in [1.29, 1.82) is 0 Å². The van der Waals surface area contributed by atoms with E-state index in [0.29, 0.717) is 37.6 Å². The van der Waals surface area contributed by atoms with Crippen molar-refractivity contribution in [3.05, 3.63) is 46.8 Å². The maximum atomic E-state index is 12.6. The maximum absolute atomic E-state index is 12.6. The number of rotatable bonds is 7. The summed E-state index contributed by atoms with van der Waals surface area (Å²) in [5.74, 6) is 0.206. The Morgan fingerprint density at radius 3 is 2.64 bits per heavy atom. The minimum absolute atomic E-state index is 0.101. The van der Waals surface area contributed by atoms with Crippen LogP contribution in [0.1, 0.15) is 59.3 Å². The van der Waals surface area contributed by atoms with Crippen LogP contribution in [0.5, 0.6) is 5.75 Å². The Labute approximate surface area is 165 Å². The quantitative estimate of drug-likeness (QED) is 0.741. The molecule has 0 bridgehead atoms. The van der Waals surface area contributed by atoms with Crippen LogP contribution in [0.3, 0.4) is 0 Å². The molecule has 0 atom stereocenters. The molecule has 1 aliphatic rings. The number of nitrogens with zero attached hydrogens (tertiary/aromatic N) is 1. The topological polar surface area (TPSA) is 83.6 Å². The molecule has 6 nitrogen and oxygen atoms in total. The van der Waals surface area contributed by atoms with Gasteiger partial charge in [-0.25, -0.2) is 0 Å². The smallest absolute Gasteiger partial charge is 0.248 e. The van der Waals surface area contributed by atoms with Gasteiger partial charge in [0.2, 0.25) is 5.91 Å². The molecule has 28 heavy (non-hydrogen) atoms. The lowest BCUT2D eigenvalue weighted by Crippen LogP contribution is -2.28. The molecule has 1 aromatic carbocycles. The van der Waals surface area contributed by atoms with E-state index < -0.39 is 5.91 Å². The van der Waals surface area contributed by atoms with Crippen LogP contribution in [-0.4, -0.2) is 36.1 Å². The van der Waals surface area contributed by atoms with Gasteiger partial charge < -0.3 is 19.8 Å². The SMILES string of the molecule is CCOCCOc1cc(C(N)=O)ccc1-n1c(C)cc2c1CC(C)(C)CC2=O. The van der Waals surface area contributed by atoms with E-state index in [0.717, 1.165) is 29.1 Å². The summed E-state index contributed by atoms with van der Waals surface area (Å²) in [5.41, 5.74) is 9.24. The van der Waals surface area contributed by atoms with Crippen LogP contribution in [0.25, 0.3) is 5.69 Å². The first-order chi connectivity index (χ1) is 13.2. The lowest BCUT2D eigenvalue weighted by molar-refractivity contribution is 0.0910. The Morgan fingerprint density at radius 2 is 1.96 bits per heavy atom. The van der Waals surface area contributed by atoms with E-state index in [1.807, 2.05) is 26.0 Å². The van der Waals surface area contributed by atoms with Gasteiger partial charge in [-0.2, -0.15) is 0 Å². The highest BCUT2D eigenvalue weighted by Crippen LogP contribution is 2.39. The highest BCUT2D eigenvalue weighted by molar-refractivity contribution is 5.99. The fraction of sp³-hybridized carbons (Fsp3) is 0.455. The third kappa shape index (κ3) is 3.97. The monoisotopic (exact) mass is 384 g/mol. The maximum Gasteiger partial charge on any atom is 0.248 e. The highest BCUT2D eigenvalue weighted by Gasteiger charge is 2.34. The average Bonchev–Trinajstić information content (AvgIpc) is 2.93. The average molecular weight is 384 g/mol. The van der Waals surface area contributed by atoms with Crippen molar-refractivity contribution in [2.45, 2.75) is 40.5 Å². The number of nitrogens with two attached hydrogens (primary N) is 1. The first-order valence-electron chi connectivity index (χ1n) is 9.62. The number of aryl methyl sites for hydroxylation is 1. The molecule has 1 aliphatic carbocycles. The van der Waals surface area contributed by atoms with E-state index in [1.165, 1.54) is 0 Å². The van der Waals surface area contributed by atoms with E-state index in [1.54, 1.807) is 12.1 Å². The van der Waals surface area contributed by atoms with E-state index >= 15 is 0 Å². The zero-order valence-electron chi connectivity index (χ0n) is 17.0. The van der Waals surface area contributed by atoms with Crippen LogP contribution in [0.2, 0.25) is 0 Å². The van der Waals surface area contributed by atoms with Gasteiger partial charge in [-0.3, -0.25) is 9.59 Å². The van der Waals surface area contributed by atoms with Gasteiger partial charge in [0, 0.05) is 35.5 Å². The Balaban J connectivity index is 2.08. The van der Waals surface area contributed by atoms with Gasteiger partial charge in [0.1, 0.15) is 12.4 Å². The predicted molar refractivity (Wildman–Crippen MR) is 107 cm³/mol. The lowest BCUT2D eigenvalue weighted by atomic mass is 9.76. The lowest BCUT2D eigenvalue weighted by Gasteiger charge is -2.30. The molecular formula is C22H28N2O4. The first-order valence-corrected chi connectivity index (χ1v) is 9.62. The molecule has 0 aliphatic heterocycles. The second kappa shape index (κ2) is 7.80. The molecule has 0 unspecified atom stereocenters. The fourth-order valence-corrected chi connectivity index (χ4v) is 3.81. The third-order valence-electron chi connectivity index (χ3n) is 5.05. The van der Waals surface area contributed by atoms with Crippen molar-refractivity contribution in [1.82, 2.24) is 4.57 Å². The van der Waals surface area contributed by atoms with Crippen molar-refractivity contribution < 1.29 is 19.1 Å². The molecule has 1 amide bonds. The number of ketones is 1. The number of aromatic nitrogens is 1. The number of primary amides is 1. The molecule has 150 valence electrons. The van der Waals surface area contributed by atoms with E-state index in [4.69, 9.17) is 15.2 Å². The first kappa shape index (κ1) is 20.1. The second-order valence-electron chi connectivity index (χ2n) is 8.01. The fourth-order valence-electron chi connectivity index (χ4n) is 3.81. The molecule has 6 heteroatoms. The highest BCUT2D eigenvalue weighted by atomic mass is 16.5. The number of amides is 1. The number of benzene rings is 1. The van der Waals surface area contributed by atoms with Crippen molar-refractivity contribution in [2.75, 3.05) is 19.8 Å². The van der Waals surface area contributed by atoms with Gasteiger partial charge in [0.15, 0.2) is 5.78 Å². The second-order valence-corrected chi connectivity index (χ2v) is 8.01. The molecule has 0 saturated heterocycles. The molecule has 0 fully saturated rings. The standard InChI is InChI=1S/C22H28N2O4/c1-5-27-8-9-28-20-11-15(21(23)26)6-7-17(20)24-14(2)10-16-18(24)12-22(3,4)13-19(16)25/h6-7,10-11H,5,8-9,12-13H2,1-4H3,(H2,23,26). The number of hydrogen-bond acceptors (Lipinski definition) is 4. The number of ether oxygens (including phenoxy) is 2. The van der Waals surface area contributed by atoms with E-state index in [2.05, 4.69) is 18.4 Å². The van der Waals surface area contributed by atoms with Crippen LogP contribution >= 0.6 is 0 Å². The van der Waals surface area contributed by atoms with E-state index in [-0.39, 0.29) is 11.2 Å². The van der Waals surface area contributed by atoms with Crippen LogP contribution in [0.15, 0.2) is 24.3 Å². The van der Waals surface area contributed by atoms with Gasteiger partial charge in [0.25, 0.3) is 0 Å². The molecule has 1 aromatic heterocycles. The molecule has 0 spiro atoms.